The number of carboxylic acid groups (broad SMARTS) is 1. The molecule has 0 aromatic carbocycles. The second-order valence-electron chi connectivity index (χ2n) is 2.72. The lowest BCUT2D eigenvalue weighted by atomic mass is 10.2. The Hall–Kier alpha value is -1.13. The van der Waals surface area contributed by atoms with Crippen LogP contribution in [0.25, 0.3) is 0 Å². The molecule has 5 heteroatoms. The second kappa shape index (κ2) is 3.51. The highest BCUT2D eigenvalue weighted by Crippen LogP contribution is 2.17. The topological polar surface area (TPSA) is 57.6 Å². The normalized spacial score (nSPS) is 22.8. The van der Waals surface area contributed by atoms with Crippen molar-refractivity contribution in [2.24, 2.45) is 0 Å². The molecular formula is C7H10FNO3. The summed E-state index contributed by atoms with van der Waals surface area (Å²) in [6.45, 7) is -0.747. The molecule has 4 nitrogen and oxygen atoms in total. The van der Waals surface area contributed by atoms with Gasteiger partial charge < -0.3 is 10.0 Å². The molecule has 1 N–H and O–H groups in total. The number of hydrogen-bond donors (Lipinski definition) is 1. The van der Waals surface area contributed by atoms with Crippen molar-refractivity contribution in [2.75, 3.05) is 13.2 Å². The van der Waals surface area contributed by atoms with Crippen molar-refractivity contribution in [3.8, 4) is 0 Å². The first kappa shape index (κ1) is 8.96. The Morgan fingerprint density at radius 1 is 1.58 bits per heavy atom. The number of carboxylic acids is 1. The quantitative estimate of drug-likeness (QED) is 0.644. The van der Waals surface area contributed by atoms with Gasteiger partial charge in [-0.3, -0.25) is 4.79 Å². The number of halogens is 1. The van der Waals surface area contributed by atoms with Gasteiger partial charge in [0.05, 0.1) is 0 Å². The van der Waals surface area contributed by atoms with E-state index in [0.717, 1.165) is 4.90 Å². The molecule has 0 bridgehead atoms. The first-order chi connectivity index (χ1) is 5.66. The Morgan fingerprint density at radius 2 is 2.25 bits per heavy atom. The molecule has 1 aliphatic heterocycles. The van der Waals surface area contributed by atoms with E-state index >= 15 is 0 Å². The minimum absolute atomic E-state index is 0.361. The van der Waals surface area contributed by atoms with Crippen molar-refractivity contribution < 1.29 is 19.1 Å². The molecule has 68 valence electrons. The van der Waals surface area contributed by atoms with Gasteiger partial charge in [-0.15, -0.1) is 0 Å². The lowest BCUT2D eigenvalue weighted by Crippen LogP contribution is -2.41. The van der Waals surface area contributed by atoms with Crippen molar-refractivity contribution in [2.45, 2.75) is 18.9 Å². The second-order valence-corrected chi connectivity index (χ2v) is 2.72. The summed E-state index contributed by atoms with van der Waals surface area (Å²) in [7, 11) is 0. The number of alkyl halides is 1. The highest BCUT2D eigenvalue weighted by molar-refractivity contribution is 5.84. The summed E-state index contributed by atoms with van der Waals surface area (Å²) in [5, 5.41) is 8.61. The van der Waals surface area contributed by atoms with Gasteiger partial charge in [-0.1, -0.05) is 0 Å². The summed E-state index contributed by atoms with van der Waals surface area (Å²) >= 11 is 0. The molecule has 1 amide bonds. The molecule has 0 aliphatic carbocycles. The van der Waals surface area contributed by atoms with Crippen molar-refractivity contribution in [1.29, 1.82) is 0 Å². The molecule has 1 unspecified atom stereocenters. The zero-order valence-corrected chi connectivity index (χ0v) is 6.49. The lowest BCUT2D eigenvalue weighted by molar-refractivity contribution is -0.148. The lowest BCUT2D eigenvalue weighted by Gasteiger charge is -2.19. The van der Waals surface area contributed by atoms with Crippen LogP contribution >= 0.6 is 0 Å². The summed E-state index contributed by atoms with van der Waals surface area (Å²) in [5.74, 6) is -1.77. The molecular weight excluding hydrogens is 165 g/mol. The number of nitrogens with zero attached hydrogens (tertiary/aromatic N) is 1. The Bertz CT molecular complexity index is 207. The van der Waals surface area contributed by atoms with Gasteiger partial charge in [0.25, 0.3) is 5.91 Å². The maximum Gasteiger partial charge on any atom is 0.326 e. The van der Waals surface area contributed by atoms with E-state index in [2.05, 4.69) is 0 Å². The van der Waals surface area contributed by atoms with Crippen LogP contribution in [0, 0.1) is 0 Å². The van der Waals surface area contributed by atoms with Gasteiger partial charge in [-0.25, -0.2) is 9.18 Å². The molecule has 1 heterocycles. The molecule has 1 saturated heterocycles. The summed E-state index contributed by atoms with van der Waals surface area (Å²) in [6.07, 6.45) is 1.07. The monoisotopic (exact) mass is 175 g/mol. The molecule has 1 fully saturated rings. The SMILES string of the molecule is O=C(O)C1CCCN1C(=O)CF. The first-order valence-electron chi connectivity index (χ1n) is 3.75. The third kappa shape index (κ3) is 1.54. The molecule has 0 saturated carbocycles. The van der Waals surface area contributed by atoms with Crippen molar-refractivity contribution >= 4 is 11.9 Å². The fraction of sp³-hybridized carbons (Fsp3) is 0.714. The van der Waals surface area contributed by atoms with Gasteiger partial charge in [0.1, 0.15) is 6.04 Å². The van der Waals surface area contributed by atoms with E-state index in [9.17, 15) is 14.0 Å². The highest BCUT2D eigenvalue weighted by atomic mass is 19.1. The van der Waals surface area contributed by atoms with Gasteiger partial charge in [0, 0.05) is 6.54 Å². The standard InChI is InChI=1S/C7H10FNO3/c8-4-6(10)9-3-1-2-5(9)7(11)12/h5H,1-4H2,(H,11,12). The van der Waals surface area contributed by atoms with Crippen LogP contribution in [0.4, 0.5) is 4.39 Å². The summed E-state index contributed by atoms with van der Waals surface area (Å²) < 4.78 is 11.9. The van der Waals surface area contributed by atoms with Crippen LogP contribution in [-0.4, -0.2) is 41.1 Å². The number of likely N-dealkylation sites (tertiary alicyclic amines) is 1. The Kier molecular flexibility index (Phi) is 2.62. The highest BCUT2D eigenvalue weighted by Gasteiger charge is 2.33. The summed E-state index contributed by atoms with van der Waals surface area (Å²) in [4.78, 5) is 22.4. The van der Waals surface area contributed by atoms with Gasteiger partial charge in [0.15, 0.2) is 6.67 Å². The predicted molar refractivity (Wildman–Crippen MR) is 38.3 cm³/mol. The minimum Gasteiger partial charge on any atom is -0.480 e. The number of rotatable bonds is 2. The predicted octanol–water partition coefficient (Wildman–Crippen LogP) is 0.0315. The van der Waals surface area contributed by atoms with Gasteiger partial charge >= 0.3 is 5.97 Å². The Balaban J connectivity index is 2.63. The zero-order chi connectivity index (χ0) is 9.14. The van der Waals surface area contributed by atoms with Crippen molar-refractivity contribution in [1.82, 2.24) is 4.90 Å². The van der Waals surface area contributed by atoms with Crippen LogP contribution in [-0.2, 0) is 9.59 Å². The van der Waals surface area contributed by atoms with Crippen molar-refractivity contribution in [3.63, 3.8) is 0 Å². The van der Waals surface area contributed by atoms with Crippen LogP contribution in [0.1, 0.15) is 12.8 Å². The van der Waals surface area contributed by atoms with Gasteiger partial charge in [-0.2, -0.15) is 0 Å². The summed E-state index contributed by atoms with van der Waals surface area (Å²) in [5.41, 5.74) is 0. The van der Waals surface area contributed by atoms with E-state index < -0.39 is 24.6 Å². The van der Waals surface area contributed by atoms with Gasteiger partial charge in [0.2, 0.25) is 0 Å². The van der Waals surface area contributed by atoms with E-state index in [0.29, 0.717) is 19.4 Å². The average Bonchev–Trinajstić information content (AvgIpc) is 2.50. The van der Waals surface area contributed by atoms with Crippen LogP contribution in [0.5, 0.6) is 0 Å². The van der Waals surface area contributed by atoms with E-state index in [4.69, 9.17) is 5.11 Å². The van der Waals surface area contributed by atoms with Crippen LogP contribution in [0.3, 0.4) is 0 Å². The van der Waals surface area contributed by atoms with Crippen molar-refractivity contribution in [3.05, 3.63) is 0 Å². The third-order valence-electron chi connectivity index (χ3n) is 1.97. The molecule has 0 aromatic rings. The number of carbonyl (C=O) groups excluding carboxylic acids is 1. The first-order valence-corrected chi connectivity index (χ1v) is 3.75. The Labute approximate surface area is 69.0 Å². The number of aliphatic carboxylic acids is 1. The number of hydrogen-bond acceptors (Lipinski definition) is 2. The molecule has 1 rings (SSSR count). The Morgan fingerprint density at radius 3 is 2.75 bits per heavy atom. The average molecular weight is 175 g/mol. The number of carbonyl (C=O) groups is 2. The van der Waals surface area contributed by atoms with E-state index in [1.807, 2.05) is 0 Å². The van der Waals surface area contributed by atoms with E-state index in [1.54, 1.807) is 0 Å². The maximum atomic E-state index is 11.9. The third-order valence-corrected chi connectivity index (χ3v) is 1.97. The molecule has 0 spiro atoms. The fourth-order valence-corrected chi connectivity index (χ4v) is 1.40. The van der Waals surface area contributed by atoms with Gasteiger partial charge in [-0.05, 0) is 12.8 Å². The van der Waals surface area contributed by atoms with Crippen LogP contribution < -0.4 is 0 Å². The van der Waals surface area contributed by atoms with Crippen LogP contribution in [0.15, 0.2) is 0 Å². The van der Waals surface area contributed by atoms with E-state index in [-0.39, 0.29) is 0 Å². The molecule has 12 heavy (non-hydrogen) atoms. The minimum atomic E-state index is -1.11. The fourth-order valence-electron chi connectivity index (χ4n) is 1.40. The maximum absolute atomic E-state index is 11.9. The molecule has 0 radical (unpaired) electrons. The largest absolute Gasteiger partial charge is 0.480 e. The van der Waals surface area contributed by atoms with Crippen LogP contribution in [0.2, 0.25) is 0 Å². The smallest absolute Gasteiger partial charge is 0.326 e. The molecule has 0 aromatic heterocycles. The number of amides is 1. The van der Waals surface area contributed by atoms with E-state index in [1.165, 1.54) is 0 Å². The summed E-state index contributed by atoms with van der Waals surface area (Å²) in [6, 6.07) is -0.812. The molecule has 1 aliphatic rings. The molecule has 1 atom stereocenters. The zero-order valence-electron chi connectivity index (χ0n) is 6.49.